The number of anilines is 2. The minimum atomic E-state index is -0.317. The molecule has 0 saturated carbocycles. The van der Waals surface area contributed by atoms with Crippen LogP contribution >= 0.6 is 11.6 Å². The lowest BCUT2D eigenvalue weighted by molar-refractivity contribution is 0.102. The van der Waals surface area contributed by atoms with Crippen LogP contribution in [0.4, 0.5) is 11.5 Å². The van der Waals surface area contributed by atoms with E-state index in [9.17, 15) is 4.79 Å². The van der Waals surface area contributed by atoms with Crippen LogP contribution in [0.5, 0.6) is 0 Å². The van der Waals surface area contributed by atoms with Crippen LogP contribution in [0.25, 0.3) is 0 Å². The first kappa shape index (κ1) is 16.2. The van der Waals surface area contributed by atoms with Gasteiger partial charge in [0, 0.05) is 12.1 Å². The van der Waals surface area contributed by atoms with Gasteiger partial charge in [-0.05, 0) is 44.9 Å². The number of aromatic nitrogens is 2. The lowest BCUT2D eigenvalue weighted by Gasteiger charge is -2.12. The highest BCUT2D eigenvalue weighted by Gasteiger charge is 2.13. The van der Waals surface area contributed by atoms with E-state index in [1.807, 2.05) is 39.8 Å². The lowest BCUT2D eigenvalue weighted by atomic mass is 10.1. The van der Waals surface area contributed by atoms with E-state index in [1.54, 1.807) is 6.07 Å². The van der Waals surface area contributed by atoms with Crippen molar-refractivity contribution in [1.29, 1.82) is 0 Å². The van der Waals surface area contributed by atoms with Crippen LogP contribution < -0.4 is 10.6 Å². The molecule has 6 heteroatoms. The zero-order valence-corrected chi connectivity index (χ0v) is 13.8. The van der Waals surface area contributed by atoms with Gasteiger partial charge in [-0.25, -0.2) is 9.97 Å². The standard InChI is InChI=1S/C16H19ClN4O/c1-9(2)20-14-7-13(18-8-19-14)16(22)21-15-11(4)5-10(3)6-12(15)17/h5-9H,1-4H3,(H,21,22)(H,18,19,20). The summed E-state index contributed by atoms with van der Waals surface area (Å²) in [6.45, 7) is 7.85. The average molecular weight is 319 g/mol. The molecule has 2 aromatic rings. The Kier molecular flexibility index (Phi) is 4.98. The molecule has 1 heterocycles. The van der Waals surface area contributed by atoms with Crippen molar-refractivity contribution >= 4 is 29.0 Å². The van der Waals surface area contributed by atoms with Crippen molar-refractivity contribution in [3.05, 3.63) is 46.4 Å². The van der Waals surface area contributed by atoms with E-state index < -0.39 is 0 Å². The molecule has 0 spiro atoms. The summed E-state index contributed by atoms with van der Waals surface area (Å²) in [5.74, 6) is 0.296. The Morgan fingerprint density at radius 1 is 1.18 bits per heavy atom. The molecular formula is C16H19ClN4O. The molecule has 0 aliphatic carbocycles. The first-order valence-corrected chi connectivity index (χ1v) is 7.41. The summed E-state index contributed by atoms with van der Waals surface area (Å²) < 4.78 is 0. The normalized spacial score (nSPS) is 10.6. The Hall–Kier alpha value is -2.14. The second-order valence-corrected chi connectivity index (χ2v) is 5.89. The van der Waals surface area contributed by atoms with Gasteiger partial charge in [-0.2, -0.15) is 0 Å². The summed E-state index contributed by atoms with van der Waals surface area (Å²) in [6.07, 6.45) is 1.36. The number of hydrogen-bond donors (Lipinski definition) is 2. The molecule has 0 aliphatic rings. The zero-order valence-electron chi connectivity index (χ0n) is 13.1. The Morgan fingerprint density at radius 2 is 1.91 bits per heavy atom. The van der Waals surface area contributed by atoms with Crippen molar-refractivity contribution in [1.82, 2.24) is 9.97 Å². The molecule has 116 valence electrons. The molecule has 0 fully saturated rings. The van der Waals surface area contributed by atoms with Crippen molar-refractivity contribution in [3.63, 3.8) is 0 Å². The predicted octanol–water partition coefficient (Wildman–Crippen LogP) is 3.82. The van der Waals surface area contributed by atoms with E-state index in [0.717, 1.165) is 11.1 Å². The van der Waals surface area contributed by atoms with Crippen LogP contribution in [0.1, 0.15) is 35.5 Å². The number of rotatable bonds is 4. The molecule has 2 rings (SSSR count). The number of hydrogen-bond acceptors (Lipinski definition) is 4. The van der Waals surface area contributed by atoms with Crippen molar-refractivity contribution in [3.8, 4) is 0 Å². The van der Waals surface area contributed by atoms with E-state index in [0.29, 0.717) is 16.5 Å². The van der Waals surface area contributed by atoms with Crippen LogP contribution in [0, 0.1) is 13.8 Å². The van der Waals surface area contributed by atoms with Gasteiger partial charge < -0.3 is 10.6 Å². The van der Waals surface area contributed by atoms with Gasteiger partial charge in [0.15, 0.2) is 0 Å². The number of carbonyl (C=O) groups excluding carboxylic acids is 1. The maximum atomic E-state index is 12.4. The topological polar surface area (TPSA) is 66.9 Å². The van der Waals surface area contributed by atoms with Crippen molar-refractivity contribution < 1.29 is 4.79 Å². The van der Waals surface area contributed by atoms with Gasteiger partial charge in [-0.3, -0.25) is 4.79 Å². The number of halogens is 1. The molecule has 2 N–H and O–H groups in total. The van der Waals surface area contributed by atoms with Gasteiger partial charge >= 0.3 is 0 Å². The first-order valence-electron chi connectivity index (χ1n) is 7.03. The van der Waals surface area contributed by atoms with E-state index in [-0.39, 0.29) is 17.6 Å². The second-order valence-electron chi connectivity index (χ2n) is 5.48. The van der Waals surface area contributed by atoms with E-state index in [4.69, 9.17) is 11.6 Å². The van der Waals surface area contributed by atoms with Crippen molar-refractivity contribution in [2.24, 2.45) is 0 Å². The number of aryl methyl sites for hydroxylation is 2. The molecule has 0 bridgehead atoms. The quantitative estimate of drug-likeness (QED) is 0.899. The number of carbonyl (C=O) groups is 1. The van der Waals surface area contributed by atoms with Crippen molar-refractivity contribution in [2.45, 2.75) is 33.7 Å². The number of nitrogens with zero attached hydrogens (tertiary/aromatic N) is 2. The number of benzene rings is 1. The fourth-order valence-corrected chi connectivity index (χ4v) is 2.48. The summed E-state index contributed by atoms with van der Waals surface area (Å²) in [5.41, 5.74) is 2.85. The minimum Gasteiger partial charge on any atom is -0.368 e. The fraction of sp³-hybridized carbons (Fsp3) is 0.312. The summed E-state index contributed by atoms with van der Waals surface area (Å²) in [7, 11) is 0. The molecule has 22 heavy (non-hydrogen) atoms. The van der Waals surface area contributed by atoms with Gasteiger partial charge in [0.25, 0.3) is 5.91 Å². The number of nitrogens with one attached hydrogen (secondary N) is 2. The van der Waals surface area contributed by atoms with Crippen LogP contribution in [0.15, 0.2) is 24.5 Å². The summed E-state index contributed by atoms with van der Waals surface area (Å²) in [5, 5.41) is 6.46. The highest BCUT2D eigenvalue weighted by molar-refractivity contribution is 6.34. The molecule has 1 aromatic carbocycles. The minimum absolute atomic E-state index is 0.222. The Morgan fingerprint density at radius 3 is 2.55 bits per heavy atom. The van der Waals surface area contributed by atoms with Gasteiger partial charge in [0.05, 0.1) is 10.7 Å². The predicted molar refractivity (Wildman–Crippen MR) is 89.7 cm³/mol. The van der Waals surface area contributed by atoms with Gasteiger partial charge in [0.2, 0.25) is 0 Å². The Balaban J connectivity index is 2.23. The van der Waals surface area contributed by atoms with Gasteiger partial charge in [-0.1, -0.05) is 17.7 Å². The third-order valence-corrected chi connectivity index (χ3v) is 3.30. The Bertz CT molecular complexity index is 677. The van der Waals surface area contributed by atoms with Gasteiger partial charge in [-0.15, -0.1) is 0 Å². The second kappa shape index (κ2) is 6.75. The summed E-state index contributed by atoms with van der Waals surface area (Å²) in [6, 6.07) is 5.62. The third-order valence-electron chi connectivity index (χ3n) is 3.01. The first-order chi connectivity index (χ1) is 10.4. The highest BCUT2D eigenvalue weighted by atomic mass is 35.5. The fourth-order valence-electron chi connectivity index (χ4n) is 2.11. The molecule has 0 aliphatic heterocycles. The van der Waals surface area contributed by atoms with Crippen LogP contribution in [-0.4, -0.2) is 21.9 Å². The molecule has 0 radical (unpaired) electrons. The monoisotopic (exact) mass is 318 g/mol. The van der Waals surface area contributed by atoms with Crippen LogP contribution in [-0.2, 0) is 0 Å². The molecule has 5 nitrogen and oxygen atoms in total. The molecule has 1 aromatic heterocycles. The Labute approximate surface area is 135 Å². The molecular weight excluding hydrogens is 300 g/mol. The molecule has 0 saturated heterocycles. The van der Waals surface area contributed by atoms with Gasteiger partial charge in [0.1, 0.15) is 17.8 Å². The average Bonchev–Trinajstić information content (AvgIpc) is 2.42. The highest BCUT2D eigenvalue weighted by Crippen LogP contribution is 2.27. The van der Waals surface area contributed by atoms with E-state index in [2.05, 4.69) is 20.6 Å². The SMILES string of the molecule is Cc1cc(C)c(NC(=O)c2cc(NC(C)C)ncn2)c(Cl)c1. The van der Waals surface area contributed by atoms with E-state index >= 15 is 0 Å². The van der Waals surface area contributed by atoms with Crippen LogP contribution in [0.2, 0.25) is 5.02 Å². The molecule has 0 unspecified atom stereocenters. The lowest BCUT2D eigenvalue weighted by Crippen LogP contribution is -2.17. The zero-order chi connectivity index (χ0) is 16.3. The smallest absolute Gasteiger partial charge is 0.274 e. The maximum absolute atomic E-state index is 12.4. The molecule has 1 amide bonds. The van der Waals surface area contributed by atoms with Crippen LogP contribution in [0.3, 0.4) is 0 Å². The summed E-state index contributed by atoms with van der Waals surface area (Å²) >= 11 is 6.21. The summed E-state index contributed by atoms with van der Waals surface area (Å²) in [4.78, 5) is 20.5. The molecule has 0 atom stereocenters. The van der Waals surface area contributed by atoms with Crippen molar-refractivity contribution in [2.75, 3.05) is 10.6 Å². The number of amides is 1. The van der Waals surface area contributed by atoms with E-state index in [1.165, 1.54) is 6.33 Å². The largest absolute Gasteiger partial charge is 0.368 e. The third kappa shape index (κ3) is 3.95. The maximum Gasteiger partial charge on any atom is 0.274 e.